The molecular weight excluding hydrogens is 399 g/mol. The van der Waals surface area contributed by atoms with Gasteiger partial charge in [0.1, 0.15) is 11.5 Å². The molecule has 0 unspecified atom stereocenters. The van der Waals surface area contributed by atoms with Gasteiger partial charge in [-0.15, -0.1) is 11.3 Å². The molecule has 0 saturated carbocycles. The molecule has 0 aliphatic rings. The third-order valence-electron chi connectivity index (χ3n) is 2.41. The topological polar surface area (TPSA) is 25.8 Å². The number of hydrogen-bond acceptors (Lipinski definition) is 3. The van der Waals surface area contributed by atoms with Crippen molar-refractivity contribution in [1.29, 1.82) is 0 Å². The Morgan fingerprint density at radius 2 is 1.72 bits per heavy atom. The number of nitrogens with zero attached hydrogens (tertiary/aromatic N) is 2. The summed E-state index contributed by atoms with van der Waals surface area (Å²) in [6, 6.07) is 8.17. The van der Waals surface area contributed by atoms with Crippen molar-refractivity contribution < 1.29 is 0 Å². The lowest BCUT2D eigenvalue weighted by atomic mass is 10.2. The second kappa shape index (κ2) is 4.89. The summed E-state index contributed by atoms with van der Waals surface area (Å²) in [6.45, 7) is 0. The van der Waals surface area contributed by atoms with Gasteiger partial charge in [0.15, 0.2) is 0 Å². The van der Waals surface area contributed by atoms with E-state index in [9.17, 15) is 0 Å². The van der Waals surface area contributed by atoms with Crippen LogP contribution in [0.5, 0.6) is 0 Å². The van der Waals surface area contributed by atoms with E-state index in [-0.39, 0.29) is 0 Å². The Hall–Kier alpha value is -0.490. The number of hydrogen-bond donors (Lipinski definition) is 0. The summed E-state index contributed by atoms with van der Waals surface area (Å²) in [5.74, 6) is 0. The summed E-state index contributed by atoms with van der Waals surface area (Å²) in [5.41, 5.74) is 2.00. The number of aromatic nitrogens is 2. The summed E-state index contributed by atoms with van der Waals surface area (Å²) in [7, 11) is 0. The Morgan fingerprint density at radius 3 is 2.39 bits per heavy atom. The zero-order valence-electron chi connectivity index (χ0n) is 8.82. The summed E-state index contributed by atoms with van der Waals surface area (Å²) in [4.78, 5) is 9.34. The van der Waals surface area contributed by atoms with Gasteiger partial charge in [-0.3, -0.25) is 0 Å². The molecule has 0 radical (unpaired) electrons. The molecular formula is C12H5Br2ClN2S. The molecule has 0 N–H and O–H groups in total. The molecule has 0 fully saturated rings. The van der Waals surface area contributed by atoms with Crippen molar-refractivity contribution in [1.82, 2.24) is 9.97 Å². The number of thiophene rings is 1. The molecule has 2 heterocycles. The van der Waals surface area contributed by atoms with Crippen molar-refractivity contribution in [3.8, 4) is 10.4 Å². The summed E-state index contributed by atoms with van der Waals surface area (Å²) in [5, 5.41) is 0.505. The summed E-state index contributed by atoms with van der Waals surface area (Å²) in [6.07, 6.45) is 1.48. The zero-order chi connectivity index (χ0) is 12.7. The van der Waals surface area contributed by atoms with E-state index in [1.165, 1.54) is 6.33 Å². The highest BCUT2D eigenvalue weighted by molar-refractivity contribution is 9.11. The molecule has 2 nitrogen and oxygen atoms in total. The lowest BCUT2D eigenvalue weighted by Gasteiger charge is -1.99. The van der Waals surface area contributed by atoms with E-state index >= 15 is 0 Å². The number of rotatable bonds is 1. The van der Waals surface area contributed by atoms with E-state index in [4.69, 9.17) is 11.6 Å². The molecule has 6 heteroatoms. The van der Waals surface area contributed by atoms with E-state index in [0.717, 1.165) is 29.6 Å². The lowest BCUT2D eigenvalue weighted by Crippen LogP contribution is -1.76. The molecule has 0 saturated heterocycles. The summed E-state index contributed by atoms with van der Waals surface area (Å²) < 4.78 is 2.98. The van der Waals surface area contributed by atoms with Gasteiger partial charge in [-0.05, 0) is 29.8 Å². The third-order valence-corrected chi connectivity index (χ3v) is 4.91. The fourth-order valence-electron chi connectivity index (χ4n) is 1.66. The Kier molecular flexibility index (Phi) is 3.40. The fourth-order valence-corrected chi connectivity index (χ4v) is 4.19. The predicted molar refractivity (Wildman–Crippen MR) is 83.3 cm³/mol. The second-order valence-corrected chi connectivity index (χ2v) is 6.89. The van der Waals surface area contributed by atoms with Gasteiger partial charge in [0, 0.05) is 13.8 Å². The molecule has 3 rings (SSSR count). The average Bonchev–Trinajstić information content (AvgIpc) is 2.73. The van der Waals surface area contributed by atoms with Gasteiger partial charge < -0.3 is 0 Å². The van der Waals surface area contributed by atoms with Crippen LogP contribution in [0, 0.1) is 0 Å². The minimum atomic E-state index is 0.505. The third kappa shape index (κ3) is 2.32. The minimum absolute atomic E-state index is 0.505. The van der Waals surface area contributed by atoms with E-state index < -0.39 is 0 Å². The largest absolute Gasteiger partial charge is 0.235 e. The quantitative estimate of drug-likeness (QED) is 0.498. The normalized spacial score (nSPS) is 11.1. The standard InChI is InChI=1S/C12H5Br2ClN2S/c13-7-1-6(2-8(14)3-7)10-4-9-11(18-10)12(15)17-5-16-9/h1-5H. The molecule has 0 aliphatic heterocycles. The van der Waals surface area contributed by atoms with Gasteiger partial charge in [0.2, 0.25) is 0 Å². The SMILES string of the molecule is Clc1ncnc2cc(-c3cc(Br)cc(Br)c3)sc12. The smallest absolute Gasteiger partial charge is 0.150 e. The van der Waals surface area contributed by atoms with Crippen LogP contribution in [0.15, 0.2) is 39.5 Å². The van der Waals surface area contributed by atoms with E-state index in [0.29, 0.717) is 5.15 Å². The first-order valence-corrected chi connectivity index (χ1v) is 7.78. The zero-order valence-corrected chi connectivity index (χ0v) is 13.6. The highest BCUT2D eigenvalue weighted by Gasteiger charge is 2.09. The molecule has 0 aliphatic carbocycles. The first-order chi connectivity index (χ1) is 8.63. The molecule has 18 heavy (non-hydrogen) atoms. The van der Waals surface area contributed by atoms with Crippen LogP contribution in [0.4, 0.5) is 0 Å². The second-order valence-electron chi connectivity index (χ2n) is 3.65. The van der Waals surface area contributed by atoms with Crippen LogP contribution in [0.1, 0.15) is 0 Å². The molecule has 0 amide bonds. The molecule has 0 bridgehead atoms. The molecule has 0 atom stereocenters. The maximum absolute atomic E-state index is 6.06. The Bertz CT molecular complexity index is 722. The van der Waals surface area contributed by atoms with E-state index in [2.05, 4.69) is 54.0 Å². The lowest BCUT2D eigenvalue weighted by molar-refractivity contribution is 1.23. The Morgan fingerprint density at radius 1 is 1.00 bits per heavy atom. The Balaban J connectivity index is 2.22. The monoisotopic (exact) mass is 402 g/mol. The predicted octanol–water partition coefficient (Wildman–Crippen LogP) is 5.54. The van der Waals surface area contributed by atoms with Gasteiger partial charge in [-0.2, -0.15) is 0 Å². The van der Waals surface area contributed by atoms with Gasteiger partial charge in [0.25, 0.3) is 0 Å². The number of halogens is 3. The number of fused-ring (bicyclic) bond motifs is 1. The van der Waals surface area contributed by atoms with Crippen molar-refractivity contribution in [3.05, 3.63) is 44.7 Å². The van der Waals surface area contributed by atoms with Crippen molar-refractivity contribution in [2.75, 3.05) is 0 Å². The van der Waals surface area contributed by atoms with Crippen LogP contribution in [0.3, 0.4) is 0 Å². The van der Waals surface area contributed by atoms with Gasteiger partial charge >= 0.3 is 0 Å². The van der Waals surface area contributed by atoms with Crippen LogP contribution in [0.2, 0.25) is 5.15 Å². The van der Waals surface area contributed by atoms with Gasteiger partial charge in [-0.1, -0.05) is 43.5 Å². The molecule has 3 aromatic rings. The first kappa shape index (κ1) is 12.5. The van der Waals surface area contributed by atoms with Crippen LogP contribution < -0.4 is 0 Å². The van der Waals surface area contributed by atoms with E-state index in [1.807, 2.05) is 12.1 Å². The van der Waals surface area contributed by atoms with Crippen molar-refractivity contribution >= 4 is 65.0 Å². The van der Waals surface area contributed by atoms with Crippen LogP contribution in [-0.2, 0) is 0 Å². The fraction of sp³-hybridized carbons (Fsp3) is 0. The summed E-state index contributed by atoms with van der Waals surface area (Å²) >= 11 is 14.6. The molecule has 2 aromatic heterocycles. The van der Waals surface area contributed by atoms with Crippen LogP contribution >= 0.6 is 54.8 Å². The van der Waals surface area contributed by atoms with Gasteiger partial charge in [0.05, 0.1) is 10.2 Å². The minimum Gasteiger partial charge on any atom is -0.235 e. The van der Waals surface area contributed by atoms with Crippen LogP contribution in [0.25, 0.3) is 20.7 Å². The van der Waals surface area contributed by atoms with Crippen molar-refractivity contribution in [3.63, 3.8) is 0 Å². The average molecular weight is 405 g/mol. The molecule has 0 spiro atoms. The molecule has 90 valence electrons. The maximum atomic E-state index is 6.06. The Labute approximate surface area is 129 Å². The van der Waals surface area contributed by atoms with Gasteiger partial charge in [-0.25, -0.2) is 9.97 Å². The van der Waals surface area contributed by atoms with E-state index in [1.54, 1.807) is 11.3 Å². The number of benzene rings is 1. The van der Waals surface area contributed by atoms with Crippen molar-refractivity contribution in [2.45, 2.75) is 0 Å². The maximum Gasteiger partial charge on any atom is 0.150 e. The highest BCUT2D eigenvalue weighted by Crippen LogP contribution is 2.37. The van der Waals surface area contributed by atoms with Crippen molar-refractivity contribution in [2.24, 2.45) is 0 Å². The first-order valence-electron chi connectivity index (χ1n) is 5.00. The highest BCUT2D eigenvalue weighted by atomic mass is 79.9. The van der Waals surface area contributed by atoms with Crippen LogP contribution in [-0.4, -0.2) is 9.97 Å². The molecule has 1 aromatic carbocycles.